The maximum absolute atomic E-state index is 12.7. The zero-order valence-electron chi connectivity index (χ0n) is 17.1. The number of H-pyrrole nitrogens is 1. The monoisotopic (exact) mass is 399 g/mol. The minimum Gasteiger partial charge on any atom is -0.493 e. The molecule has 3 aromatic carbocycles. The first-order chi connectivity index (χ1) is 14.7. The van der Waals surface area contributed by atoms with Crippen LogP contribution >= 0.6 is 0 Å². The molecule has 1 aromatic heterocycles. The molecule has 0 atom stereocenters. The molecule has 152 valence electrons. The van der Waals surface area contributed by atoms with Gasteiger partial charge in [-0.3, -0.25) is 4.79 Å². The van der Waals surface area contributed by atoms with Crippen molar-refractivity contribution in [3.05, 3.63) is 71.8 Å². The van der Waals surface area contributed by atoms with Crippen LogP contribution in [-0.4, -0.2) is 16.0 Å². The largest absolute Gasteiger partial charge is 0.493 e. The zero-order valence-corrected chi connectivity index (χ0v) is 17.1. The van der Waals surface area contributed by atoms with Crippen molar-refractivity contribution in [3.8, 4) is 5.88 Å². The fourth-order valence-electron chi connectivity index (χ4n) is 3.79. The second-order valence-electron chi connectivity index (χ2n) is 7.54. The quantitative estimate of drug-likeness (QED) is 0.257. The van der Waals surface area contributed by atoms with E-state index in [0.29, 0.717) is 5.56 Å². The Morgan fingerprint density at radius 3 is 2.67 bits per heavy atom. The standard InChI is InChI=1S/C25H25N3O2/c1-2-3-4-5-9-17-14-15-21-22(16-17)26-25(30)23(21)27-28-24(29)20-13-8-11-18-10-6-7-12-19(18)20/h6-8,10-16,26,30H,2-5,9H2,1H3. The molecule has 0 aliphatic rings. The number of unbranched alkanes of at least 4 members (excludes halogenated alkanes) is 3. The van der Waals surface area contributed by atoms with Gasteiger partial charge in [0.05, 0.1) is 11.1 Å². The van der Waals surface area contributed by atoms with Gasteiger partial charge in [-0.2, -0.15) is 0 Å². The molecule has 0 saturated heterocycles. The Hall–Kier alpha value is -3.47. The smallest absolute Gasteiger partial charge is 0.296 e. The molecule has 5 heteroatoms. The van der Waals surface area contributed by atoms with Gasteiger partial charge in [0.2, 0.25) is 5.88 Å². The first kappa shape index (κ1) is 19.8. The topological polar surface area (TPSA) is 77.8 Å². The molecular formula is C25H25N3O2. The van der Waals surface area contributed by atoms with Crippen LogP contribution in [-0.2, 0) is 6.42 Å². The third kappa shape index (κ3) is 4.10. The molecule has 1 heterocycles. The molecule has 4 rings (SSSR count). The number of carbonyl (C=O) groups is 1. The van der Waals surface area contributed by atoms with Crippen LogP contribution in [0, 0.1) is 0 Å². The van der Waals surface area contributed by atoms with Gasteiger partial charge in [-0.15, -0.1) is 10.2 Å². The number of aromatic nitrogens is 1. The van der Waals surface area contributed by atoms with E-state index in [1.807, 2.05) is 54.6 Å². The van der Waals surface area contributed by atoms with Crippen LogP contribution in [0.3, 0.4) is 0 Å². The van der Waals surface area contributed by atoms with Crippen LogP contribution < -0.4 is 0 Å². The van der Waals surface area contributed by atoms with Gasteiger partial charge in [-0.1, -0.05) is 74.7 Å². The maximum Gasteiger partial charge on any atom is 0.296 e. The molecule has 0 aliphatic carbocycles. The van der Waals surface area contributed by atoms with Crippen molar-refractivity contribution in [1.82, 2.24) is 4.98 Å². The second-order valence-corrected chi connectivity index (χ2v) is 7.54. The van der Waals surface area contributed by atoms with Crippen LogP contribution in [0.2, 0.25) is 0 Å². The summed E-state index contributed by atoms with van der Waals surface area (Å²) < 4.78 is 0. The molecule has 4 aromatic rings. The lowest BCUT2D eigenvalue weighted by Gasteiger charge is -2.02. The summed E-state index contributed by atoms with van der Waals surface area (Å²) in [5, 5.41) is 20.8. The summed E-state index contributed by atoms with van der Waals surface area (Å²) in [4.78, 5) is 15.6. The minimum absolute atomic E-state index is 0.0809. The Bertz CT molecular complexity index is 1220. The van der Waals surface area contributed by atoms with E-state index in [0.717, 1.165) is 34.5 Å². The molecule has 2 N–H and O–H groups in total. The van der Waals surface area contributed by atoms with E-state index in [1.165, 1.54) is 24.8 Å². The van der Waals surface area contributed by atoms with E-state index < -0.39 is 5.91 Å². The summed E-state index contributed by atoms with van der Waals surface area (Å²) in [6, 6.07) is 19.2. The van der Waals surface area contributed by atoms with E-state index in [-0.39, 0.29) is 11.6 Å². The third-order valence-corrected chi connectivity index (χ3v) is 5.40. The predicted molar refractivity (Wildman–Crippen MR) is 121 cm³/mol. The number of nitrogens with zero attached hydrogens (tertiary/aromatic N) is 2. The van der Waals surface area contributed by atoms with Crippen molar-refractivity contribution >= 4 is 33.3 Å². The van der Waals surface area contributed by atoms with Gasteiger partial charge in [-0.05, 0) is 41.3 Å². The van der Waals surface area contributed by atoms with Gasteiger partial charge < -0.3 is 10.1 Å². The number of aryl methyl sites for hydroxylation is 1. The molecule has 1 amide bonds. The van der Waals surface area contributed by atoms with Crippen LogP contribution in [0.15, 0.2) is 70.9 Å². The van der Waals surface area contributed by atoms with Crippen LogP contribution in [0.1, 0.15) is 48.5 Å². The van der Waals surface area contributed by atoms with Gasteiger partial charge in [0.25, 0.3) is 5.91 Å². The molecule has 30 heavy (non-hydrogen) atoms. The highest BCUT2D eigenvalue weighted by molar-refractivity contribution is 6.07. The van der Waals surface area contributed by atoms with Gasteiger partial charge in [-0.25, -0.2) is 0 Å². The Labute approximate surface area is 175 Å². The van der Waals surface area contributed by atoms with Crippen molar-refractivity contribution < 1.29 is 9.90 Å². The van der Waals surface area contributed by atoms with Crippen molar-refractivity contribution in [2.45, 2.75) is 39.0 Å². The molecule has 0 aliphatic heterocycles. The molecular weight excluding hydrogens is 374 g/mol. The fourth-order valence-corrected chi connectivity index (χ4v) is 3.79. The summed E-state index contributed by atoms with van der Waals surface area (Å²) in [7, 11) is 0. The predicted octanol–water partition coefficient (Wildman–Crippen LogP) is 7.07. The average Bonchev–Trinajstić information content (AvgIpc) is 3.08. The lowest BCUT2D eigenvalue weighted by molar-refractivity contribution is 0.0996. The molecule has 0 radical (unpaired) electrons. The number of azo groups is 1. The van der Waals surface area contributed by atoms with Crippen molar-refractivity contribution in [3.63, 3.8) is 0 Å². The van der Waals surface area contributed by atoms with E-state index >= 15 is 0 Å². The number of nitrogens with one attached hydrogen (secondary N) is 1. The van der Waals surface area contributed by atoms with Crippen molar-refractivity contribution in [2.75, 3.05) is 0 Å². The first-order valence-corrected chi connectivity index (χ1v) is 10.4. The third-order valence-electron chi connectivity index (χ3n) is 5.40. The number of carbonyl (C=O) groups excluding carboxylic acids is 1. The second kappa shape index (κ2) is 8.91. The average molecular weight is 399 g/mol. The lowest BCUT2D eigenvalue weighted by atomic mass is 10.0. The number of rotatable bonds is 7. The first-order valence-electron chi connectivity index (χ1n) is 10.4. The van der Waals surface area contributed by atoms with E-state index in [1.54, 1.807) is 6.07 Å². The van der Waals surface area contributed by atoms with Gasteiger partial charge in [0.15, 0.2) is 5.69 Å². The Balaban J connectivity index is 1.57. The number of hydrogen-bond donors (Lipinski definition) is 2. The summed E-state index contributed by atoms with van der Waals surface area (Å²) >= 11 is 0. The zero-order chi connectivity index (χ0) is 20.9. The highest BCUT2D eigenvalue weighted by atomic mass is 16.3. The highest BCUT2D eigenvalue weighted by Gasteiger charge is 2.13. The van der Waals surface area contributed by atoms with Crippen LogP contribution in [0.5, 0.6) is 5.88 Å². The number of benzene rings is 3. The molecule has 0 unspecified atom stereocenters. The number of aromatic amines is 1. The van der Waals surface area contributed by atoms with E-state index in [4.69, 9.17) is 0 Å². The van der Waals surface area contributed by atoms with Crippen molar-refractivity contribution in [2.24, 2.45) is 10.2 Å². The Morgan fingerprint density at radius 2 is 1.80 bits per heavy atom. The SMILES string of the molecule is CCCCCCc1ccc2c(N=NC(=O)c3cccc4ccccc34)c(O)[nH]c2c1. The molecule has 0 spiro atoms. The number of amides is 1. The molecule has 5 nitrogen and oxygen atoms in total. The maximum atomic E-state index is 12.7. The fraction of sp³-hybridized carbons (Fsp3) is 0.240. The Kier molecular flexibility index (Phi) is 5.89. The van der Waals surface area contributed by atoms with Crippen molar-refractivity contribution in [1.29, 1.82) is 0 Å². The minimum atomic E-state index is -0.437. The van der Waals surface area contributed by atoms with Crippen LogP contribution in [0.25, 0.3) is 21.7 Å². The highest BCUT2D eigenvalue weighted by Crippen LogP contribution is 2.36. The van der Waals surface area contributed by atoms with Gasteiger partial charge in [0, 0.05) is 5.39 Å². The molecule has 0 bridgehead atoms. The number of fused-ring (bicyclic) bond motifs is 2. The lowest BCUT2D eigenvalue weighted by Crippen LogP contribution is -1.94. The van der Waals surface area contributed by atoms with Crippen LogP contribution in [0.4, 0.5) is 5.69 Å². The van der Waals surface area contributed by atoms with Gasteiger partial charge in [0.1, 0.15) is 0 Å². The number of aromatic hydroxyl groups is 1. The Morgan fingerprint density at radius 1 is 0.967 bits per heavy atom. The summed E-state index contributed by atoms with van der Waals surface area (Å²) in [6.07, 6.45) is 5.85. The summed E-state index contributed by atoms with van der Waals surface area (Å²) in [5.41, 5.74) is 2.80. The van der Waals surface area contributed by atoms with Gasteiger partial charge >= 0.3 is 0 Å². The summed E-state index contributed by atoms with van der Waals surface area (Å²) in [6.45, 7) is 2.20. The van der Waals surface area contributed by atoms with E-state index in [2.05, 4.69) is 22.1 Å². The number of hydrogen-bond acceptors (Lipinski definition) is 3. The molecule has 0 saturated carbocycles. The summed E-state index contributed by atoms with van der Waals surface area (Å²) in [5.74, 6) is -0.518. The molecule has 0 fully saturated rings. The van der Waals surface area contributed by atoms with E-state index in [9.17, 15) is 9.90 Å². The normalized spacial score (nSPS) is 11.6.